The van der Waals surface area contributed by atoms with E-state index in [0.29, 0.717) is 28.6 Å². The number of hydrogen-bond donors (Lipinski definition) is 2. The van der Waals surface area contributed by atoms with Crippen molar-refractivity contribution in [1.29, 1.82) is 0 Å². The summed E-state index contributed by atoms with van der Waals surface area (Å²) in [6, 6.07) is 10.3. The summed E-state index contributed by atoms with van der Waals surface area (Å²) in [7, 11) is 1.65. The van der Waals surface area contributed by atoms with Crippen molar-refractivity contribution < 1.29 is 27.5 Å². The summed E-state index contributed by atoms with van der Waals surface area (Å²) >= 11 is 5.58. The Morgan fingerprint density at radius 2 is 1.76 bits per heavy atom. The van der Waals surface area contributed by atoms with Gasteiger partial charge in [0.15, 0.2) is 5.75 Å². The number of halogens is 4. The molecule has 11 heteroatoms. The van der Waals surface area contributed by atoms with Crippen LogP contribution in [0.5, 0.6) is 11.5 Å². The SMILES string of the molecule is CN1C(=O)Cc2nccc(Oc3ccc(NC(=O)Nc4ccc(Cl)c(C(F)(F)F)c4)cc3)c21. The van der Waals surface area contributed by atoms with Gasteiger partial charge < -0.3 is 20.3 Å². The minimum Gasteiger partial charge on any atom is -0.455 e. The third-order valence-corrected chi connectivity index (χ3v) is 5.19. The second kappa shape index (κ2) is 8.62. The molecule has 1 aliphatic heterocycles. The van der Waals surface area contributed by atoms with E-state index < -0.39 is 22.8 Å². The van der Waals surface area contributed by atoms with Crippen molar-refractivity contribution >= 4 is 40.6 Å². The summed E-state index contributed by atoms with van der Waals surface area (Å²) in [5.74, 6) is 0.840. The highest BCUT2D eigenvalue weighted by molar-refractivity contribution is 6.31. The van der Waals surface area contributed by atoms with Crippen molar-refractivity contribution in [3.05, 3.63) is 71.0 Å². The Morgan fingerprint density at radius 3 is 2.45 bits per heavy atom. The number of ether oxygens (including phenoxy) is 1. The molecule has 0 unspecified atom stereocenters. The number of benzene rings is 2. The zero-order valence-corrected chi connectivity index (χ0v) is 17.8. The molecular formula is C22H16ClF3N4O3. The molecule has 0 bridgehead atoms. The standard InChI is InChI=1S/C22H16ClF3N4O3/c1-30-19(31)11-17-20(30)18(8-9-27-17)33-14-5-2-12(3-6-14)28-21(32)29-13-4-7-16(23)15(10-13)22(24,25)26/h2-10H,11H2,1H3,(H2,28,29,32). The highest BCUT2D eigenvalue weighted by atomic mass is 35.5. The van der Waals surface area contributed by atoms with Gasteiger partial charge in [-0.25, -0.2) is 4.79 Å². The van der Waals surface area contributed by atoms with E-state index in [2.05, 4.69) is 15.6 Å². The maximum absolute atomic E-state index is 13.0. The first-order valence-corrected chi connectivity index (χ1v) is 9.97. The number of hydrogen-bond acceptors (Lipinski definition) is 4. The minimum absolute atomic E-state index is 0.0608. The molecule has 2 aromatic carbocycles. The van der Waals surface area contributed by atoms with E-state index in [1.165, 1.54) is 11.0 Å². The number of anilines is 3. The lowest BCUT2D eigenvalue weighted by Gasteiger charge is -2.15. The number of pyridine rings is 1. The Hall–Kier alpha value is -3.79. The van der Waals surface area contributed by atoms with E-state index in [9.17, 15) is 22.8 Å². The molecule has 3 amide bonds. The number of nitrogens with one attached hydrogen (secondary N) is 2. The van der Waals surface area contributed by atoms with Gasteiger partial charge in [0.25, 0.3) is 0 Å². The Morgan fingerprint density at radius 1 is 1.09 bits per heavy atom. The fourth-order valence-electron chi connectivity index (χ4n) is 3.28. The van der Waals surface area contributed by atoms with Crippen LogP contribution in [0.25, 0.3) is 0 Å². The van der Waals surface area contributed by atoms with Crippen LogP contribution in [0.1, 0.15) is 11.3 Å². The molecule has 0 aliphatic carbocycles. The lowest BCUT2D eigenvalue weighted by atomic mass is 10.2. The van der Waals surface area contributed by atoms with Crippen LogP contribution in [0.2, 0.25) is 5.02 Å². The van der Waals surface area contributed by atoms with Gasteiger partial charge in [-0.15, -0.1) is 0 Å². The third-order valence-electron chi connectivity index (χ3n) is 4.86. The van der Waals surface area contributed by atoms with Gasteiger partial charge in [-0.3, -0.25) is 9.78 Å². The first-order valence-electron chi connectivity index (χ1n) is 9.59. The number of urea groups is 1. The topological polar surface area (TPSA) is 83.6 Å². The molecule has 7 nitrogen and oxygen atoms in total. The lowest BCUT2D eigenvalue weighted by molar-refractivity contribution is -0.137. The molecule has 0 spiro atoms. The molecule has 0 radical (unpaired) electrons. The highest BCUT2D eigenvalue weighted by Gasteiger charge is 2.33. The van der Waals surface area contributed by atoms with E-state index in [1.807, 2.05) is 0 Å². The molecule has 2 heterocycles. The van der Waals surface area contributed by atoms with Crippen LogP contribution in [-0.2, 0) is 17.4 Å². The number of aromatic nitrogens is 1. The molecule has 3 aromatic rings. The Bertz CT molecular complexity index is 1230. The summed E-state index contributed by atoms with van der Waals surface area (Å²) in [5.41, 5.74) is 0.515. The molecule has 0 saturated heterocycles. The summed E-state index contributed by atoms with van der Waals surface area (Å²) in [4.78, 5) is 29.8. The zero-order valence-electron chi connectivity index (χ0n) is 17.0. The minimum atomic E-state index is -4.64. The number of amides is 3. The summed E-state index contributed by atoms with van der Waals surface area (Å²) in [5, 5.41) is 4.40. The molecule has 0 atom stereocenters. The molecule has 1 aliphatic rings. The van der Waals surface area contributed by atoms with Crippen molar-refractivity contribution in [2.24, 2.45) is 0 Å². The molecule has 2 N–H and O–H groups in total. The largest absolute Gasteiger partial charge is 0.455 e. The Kier molecular flexibility index (Phi) is 5.86. The predicted molar refractivity (Wildman–Crippen MR) is 117 cm³/mol. The van der Waals surface area contributed by atoms with Gasteiger partial charge in [0, 0.05) is 30.7 Å². The lowest BCUT2D eigenvalue weighted by Crippen LogP contribution is -2.21. The number of carbonyl (C=O) groups excluding carboxylic acids is 2. The summed E-state index contributed by atoms with van der Waals surface area (Å²) in [6.07, 6.45) is -2.88. The number of fused-ring (bicyclic) bond motifs is 1. The maximum Gasteiger partial charge on any atom is 0.417 e. The molecule has 33 heavy (non-hydrogen) atoms. The average Bonchev–Trinajstić information content (AvgIpc) is 3.04. The normalized spacial score (nSPS) is 13.0. The van der Waals surface area contributed by atoms with Gasteiger partial charge in [-0.05, 0) is 42.5 Å². The zero-order chi connectivity index (χ0) is 23.8. The van der Waals surface area contributed by atoms with Gasteiger partial charge in [0.2, 0.25) is 5.91 Å². The third kappa shape index (κ3) is 4.85. The van der Waals surface area contributed by atoms with Crippen molar-refractivity contribution in [1.82, 2.24) is 4.98 Å². The van der Waals surface area contributed by atoms with Crippen molar-refractivity contribution in [3.8, 4) is 11.5 Å². The number of carbonyl (C=O) groups is 2. The van der Waals surface area contributed by atoms with Crippen LogP contribution < -0.4 is 20.3 Å². The number of alkyl halides is 3. The average molecular weight is 477 g/mol. The molecule has 4 rings (SSSR count). The molecule has 0 fully saturated rings. The van der Waals surface area contributed by atoms with E-state index in [4.69, 9.17) is 16.3 Å². The quantitative estimate of drug-likeness (QED) is 0.505. The van der Waals surface area contributed by atoms with Crippen molar-refractivity contribution in [2.45, 2.75) is 12.6 Å². The first-order chi connectivity index (χ1) is 15.6. The van der Waals surface area contributed by atoms with Crippen molar-refractivity contribution in [2.75, 3.05) is 22.6 Å². The van der Waals surface area contributed by atoms with E-state index >= 15 is 0 Å². The number of nitrogens with zero attached hydrogens (tertiary/aromatic N) is 2. The second-order valence-corrected chi connectivity index (χ2v) is 7.54. The van der Waals surface area contributed by atoms with Gasteiger partial charge >= 0.3 is 12.2 Å². The van der Waals surface area contributed by atoms with Crippen molar-refractivity contribution in [3.63, 3.8) is 0 Å². The van der Waals surface area contributed by atoms with E-state index in [1.54, 1.807) is 43.6 Å². The van der Waals surface area contributed by atoms with Gasteiger partial charge in [0.1, 0.15) is 11.4 Å². The molecule has 170 valence electrons. The van der Waals surface area contributed by atoms with Crippen LogP contribution in [0.15, 0.2) is 54.7 Å². The predicted octanol–water partition coefficient (Wildman–Crippen LogP) is 5.71. The van der Waals surface area contributed by atoms with E-state index in [-0.39, 0.29) is 18.0 Å². The number of rotatable bonds is 4. The van der Waals surface area contributed by atoms with Gasteiger partial charge in [-0.2, -0.15) is 13.2 Å². The fraction of sp³-hybridized carbons (Fsp3) is 0.136. The van der Waals surface area contributed by atoms with Crippen LogP contribution in [0.4, 0.5) is 35.0 Å². The van der Waals surface area contributed by atoms with Crippen LogP contribution >= 0.6 is 11.6 Å². The van der Waals surface area contributed by atoms with Gasteiger partial charge in [-0.1, -0.05) is 11.6 Å². The van der Waals surface area contributed by atoms with Gasteiger partial charge in [0.05, 0.1) is 22.7 Å². The molecule has 0 saturated carbocycles. The summed E-state index contributed by atoms with van der Waals surface area (Å²) < 4.78 is 44.8. The van der Waals surface area contributed by atoms with Crippen LogP contribution in [0, 0.1) is 0 Å². The highest BCUT2D eigenvalue weighted by Crippen LogP contribution is 2.38. The monoisotopic (exact) mass is 476 g/mol. The smallest absolute Gasteiger partial charge is 0.417 e. The first kappa shape index (κ1) is 22.4. The second-order valence-electron chi connectivity index (χ2n) is 7.13. The fourth-order valence-corrected chi connectivity index (χ4v) is 3.51. The van der Waals surface area contributed by atoms with Crippen LogP contribution in [0.3, 0.4) is 0 Å². The maximum atomic E-state index is 13.0. The number of likely N-dealkylation sites (N-methyl/N-ethyl adjacent to an activating group) is 1. The van der Waals surface area contributed by atoms with E-state index in [0.717, 1.165) is 12.1 Å². The summed E-state index contributed by atoms with van der Waals surface area (Å²) in [6.45, 7) is 0. The van der Waals surface area contributed by atoms with Crippen LogP contribution in [-0.4, -0.2) is 24.0 Å². The Balaban J connectivity index is 1.42. The molecular weight excluding hydrogens is 461 g/mol. The molecule has 1 aromatic heterocycles. The Labute approximate surface area is 191 Å².